The van der Waals surface area contributed by atoms with Gasteiger partial charge in [-0.05, 0) is 55.0 Å². The van der Waals surface area contributed by atoms with E-state index < -0.39 is 11.3 Å². The number of allylic oxidation sites excluding steroid dienone is 1. The van der Waals surface area contributed by atoms with E-state index in [1.807, 2.05) is 55.5 Å². The molecule has 1 aromatic heterocycles. The number of H-pyrrole nitrogens is 1. The smallest absolute Gasteiger partial charge is 0.260 e. The zero-order valence-corrected chi connectivity index (χ0v) is 18.1. The lowest BCUT2D eigenvalue weighted by Gasteiger charge is -2.12. The molecule has 0 aliphatic heterocycles. The minimum atomic E-state index is -0.424. The van der Waals surface area contributed by atoms with E-state index in [0.717, 1.165) is 16.5 Å². The number of carbonyl (C=O) groups is 1. The van der Waals surface area contributed by atoms with E-state index in [0.29, 0.717) is 28.1 Å². The fraction of sp³-hybridized carbons (Fsp3) is 0.111. The quantitative estimate of drug-likeness (QED) is 0.331. The van der Waals surface area contributed by atoms with Crippen molar-refractivity contribution in [2.24, 2.45) is 0 Å². The van der Waals surface area contributed by atoms with Crippen molar-refractivity contribution in [2.45, 2.75) is 6.92 Å². The summed E-state index contributed by atoms with van der Waals surface area (Å²) in [5.74, 6) is 0.849. The SMILES string of the molecule is COc1ccc(OC)c(/C=C/C(=O)c2c(-c3ccccc3)c3cc(C)ccc3[nH]c2=O)c1. The highest BCUT2D eigenvalue weighted by atomic mass is 16.5. The Morgan fingerprint density at radius 1 is 0.938 bits per heavy atom. The number of ether oxygens (including phenoxy) is 2. The van der Waals surface area contributed by atoms with Gasteiger partial charge < -0.3 is 14.5 Å². The van der Waals surface area contributed by atoms with Crippen LogP contribution in [0.3, 0.4) is 0 Å². The molecule has 0 amide bonds. The maximum Gasteiger partial charge on any atom is 0.260 e. The fourth-order valence-electron chi connectivity index (χ4n) is 3.77. The van der Waals surface area contributed by atoms with Gasteiger partial charge in [0.05, 0.1) is 19.8 Å². The summed E-state index contributed by atoms with van der Waals surface area (Å²) in [5.41, 5.74) is 3.52. The molecule has 4 rings (SSSR count). The number of benzene rings is 3. The number of ketones is 1. The summed E-state index contributed by atoms with van der Waals surface area (Å²) < 4.78 is 10.7. The number of carbonyl (C=O) groups excluding carboxylic acids is 1. The molecule has 1 N–H and O–H groups in total. The van der Waals surface area contributed by atoms with Crippen LogP contribution >= 0.6 is 0 Å². The first kappa shape index (κ1) is 21.1. The minimum Gasteiger partial charge on any atom is -0.497 e. The van der Waals surface area contributed by atoms with Crippen molar-refractivity contribution < 1.29 is 14.3 Å². The first-order chi connectivity index (χ1) is 15.5. The van der Waals surface area contributed by atoms with Gasteiger partial charge in [-0.1, -0.05) is 42.0 Å². The number of methoxy groups -OCH3 is 2. The number of hydrogen-bond acceptors (Lipinski definition) is 4. The van der Waals surface area contributed by atoms with Gasteiger partial charge >= 0.3 is 0 Å². The lowest BCUT2D eigenvalue weighted by molar-refractivity contribution is 0.104. The molecule has 160 valence electrons. The van der Waals surface area contributed by atoms with Gasteiger partial charge in [0.25, 0.3) is 5.56 Å². The minimum absolute atomic E-state index is 0.104. The number of hydrogen-bond donors (Lipinski definition) is 1. The molecule has 0 atom stereocenters. The van der Waals surface area contributed by atoms with Gasteiger partial charge in [0.15, 0.2) is 5.78 Å². The van der Waals surface area contributed by atoms with Crippen molar-refractivity contribution in [1.29, 1.82) is 0 Å². The lowest BCUT2D eigenvalue weighted by Crippen LogP contribution is -2.18. The molecular formula is C27H23NO4. The Morgan fingerprint density at radius 2 is 1.72 bits per heavy atom. The molecule has 0 saturated heterocycles. The fourth-order valence-corrected chi connectivity index (χ4v) is 3.77. The molecule has 0 fully saturated rings. The molecule has 32 heavy (non-hydrogen) atoms. The van der Waals surface area contributed by atoms with Gasteiger partial charge in [-0.2, -0.15) is 0 Å². The molecule has 4 aromatic rings. The maximum absolute atomic E-state index is 13.3. The summed E-state index contributed by atoms with van der Waals surface area (Å²) >= 11 is 0. The van der Waals surface area contributed by atoms with Crippen molar-refractivity contribution in [3.05, 3.63) is 99.9 Å². The molecule has 0 radical (unpaired) electrons. The highest BCUT2D eigenvalue weighted by Gasteiger charge is 2.19. The second kappa shape index (κ2) is 8.94. The summed E-state index contributed by atoms with van der Waals surface area (Å²) in [6.07, 6.45) is 3.04. The van der Waals surface area contributed by atoms with Gasteiger partial charge in [0, 0.05) is 22.0 Å². The number of fused-ring (bicyclic) bond motifs is 1. The van der Waals surface area contributed by atoms with E-state index in [1.54, 1.807) is 38.5 Å². The average Bonchev–Trinajstić information content (AvgIpc) is 2.82. The molecule has 0 unspecified atom stereocenters. The van der Waals surface area contributed by atoms with Crippen molar-refractivity contribution in [1.82, 2.24) is 4.98 Å². The van der Waals surface area contributed by atoms with Crippen LogP contribution in [0.1, 0.15) is 21.5 Å². The molecule has 1 heterocycles. The number of aromatic amines is 1. The molecule has 0 aliphatic rings. The third-order valence-corrected chi connectivity index (χ3v) is 5.33. The number of pyridine rings is 1. The molecule has 0 saturated carbocycles. The predicted molar refractivity (Wildman–Crippen MR) is 128 cm³/mol. The van der Waals surface area contributed by atoms with Crippen LogP contribution < -0.4 is 15.0 Å². The van der Waals surface area contributed by atoms with Crippen LogP contribution in [0.5, 0.6) is 11.5 Å². The first-order valence-electron chi connectivity index (χ1n) is 10.2. The van der Waals surface area contributed by atoms with E-state index in [1.165, 1.54) is 6.08 Å². The molecule has 5 nitrogen and oxygen atoms in total. The molecule has 5 heteroatoms. The third-order valence-electron chi connectivity index (χ3n) is 5.33. The van der Waals surface area contributed by atoms with Crippen molar-refractivity contribution >= 4 is 22.8 Å². The topological polar surface area (TPSA) is 68.4 Å². The van der Waals surface area contributed by atoms with Crippen molar-refractivity contribution in [3.63, 3.8) is 0 Å². The van der Waals surface area contributed by atoms with Crippen LogP contribution in [0.25, 0.3) is 28.1 Å². The largest absolute Gasteiger partial charge is 0.497 e. The normalized spacial score (nSPS) is 11.1. The standard InChI is InChI=1S/C27H23NO4/c1-17-9-12-22-21(15-17)25(18-7-5-4-6-8-18)26(27(30)28-22)23(29)13-10-19-16-20(31-2)11-14-24(19)32-3/h4-16H,1-3H3,(H,28,30)/b13-10+. The van der Waals surface area contributed by atoms with Gasteiger partial charge in [-0.25, -0.2) is 0 Å². The Balaban J connectivity index is 1.89. The Hall–Kier alpha value is -4.12. The Labute approximate surface area is 185 Å². The van der Waals surface area contributed by atoms with Crippen LogP contribution in [-0.4, -0.2) is 25.0 Å². The van der Waals surface area contributed by atoms with E-state index in [4.69, 9.17) is 9.47 Å². The van der Waals surface area contributed by atoms with Crippen molar-refractivity contribution in [3.8, 4) is 22.6 Å². The van der Waals surface area contributed by atoms with Crippen LogP contribution in [-0.2, 0) is 0 Å². The second-order valence-corrected chi connectivity index (χ2v) is 7.42. The lowest BCUT2D eigenvalue weighted by atomic mass is 9.93. The maximum atomic E-state index is 13.3. The average molecular weight is 425 g/mol. The van der Waals surface area contributed by atoms with Gasteiger partial charge in [0.2, 0.25) is 0 Å². The highest BCUT2D eigenvalue weighted by molar-refractivity contribution is 6.15. The van der Waals surface area contributed by atoms with E-state index in [2.05, 4.69) is 4.98 Å². The zero-order valence-electron chi connectivity index (χ0n) is 18.1. The van der Waals surface area contributed by atoms with Gasteiger partial charge in [-0.3, -0.25) is 9.59 Å². The van der Waals surface area contributed by atoms with Crippen LogP contribution in [0.4, 0.5) is 0 Å². The summed E-state index contributed by atoms with van der Waals surface area (Å²) in [7, 11) is 3.13. The monoisotopic (exact) mass is 425 g/mol. The van der Waals surface area contributed by atoms with Crippen LogP contribution in [0.2, 0.25) is 0 Å². The summed E-state index contributed by atoms with van der Waals surface area (Å²) in [5, 5.41) is 0.825. The summed E-state index contributed by atoms with van der Waals surface area (Å²) in [6, 6.07) is 20.6. The molecule has 0 aliphatic carbocycles. The van der Waals surface area contributed by atoms with Gasteiger partial charge in [-0.15, -0.1) is 0 Å². The van der Waals surface area contributed by atoms with Crippen LogP contribution in [0, 0.1) is 6.92 Å². The first-order valence-corrected chi connectivity index (χ1v) is 10.2. The Kier molecular flexibility index (Phi) is 5.90. The highest BCUT2D eigenvalue weighted by Crippen LogP contribution is 2.31. The number of aromatic nitrogens is 1. The molecule has 0 bridgehead atoms. The summed E-state index contributed by atoms with van der Waals surface area (Å²) in [4.78, 5) is 29.2. The van der Waals surface area contributed by atoms with Crippen LogP contribution in [0.15, 0.2) is 77.6 Å². The zero-order chi connectivity index (χ0) is 22.7. The predicted octanol–water partition coefficient (Wildman–Crippen LogP) is 5.42. The summed E-state index contributed by atoms with van der Waals surface area (Å²) in [6.45, 7) is 1.98. The Morgan fingerprint density at radius 3 is 2.44 bits per heavy atom. The van der Waals surface area contributed by atoms with Crippen molar-refractivity contribution in [2.75, 3.05) is 14.2 Å². The Bertz CT molecular complexity index is 1380. The van der Waals surface area contributed by atoms with Gasteiger partial charge in [0.1, 0.15) is 11.5 Å². The van der Waals surface area contributed by atoms with E-state index in [9.17, 15) is 9.59 Å². The van der Waals surface area contributed by atoms with E-state index in [-0.39, 0.29) is 5.56 Å². The second-order valence-electron chi connectivity index (χ2n) is 7.42. The number of rotatable bonds is 6. The number of aryl methyl sites for hydroxylation is 1. The third kappa shape index (κ3) is 4.05. The van der Waals surface area contributed by atoms with E-state index >= 15 is 0 Å². The molecular weight excluding hydrogens is 402 g/mol. The molecule has 0 spiro atoms. The number of nitrogens with one attached hydrogen (secondary N) is 1. The molecule has 3 aromatic carbocycles.